The number of nitrogens with one attached hydrogen (secondary N) is 1. The number of ether oxygens (including phenoxy) is 1. The zero-order chi connectivity index (χ0) is 13.0. The van der Waals surface area contributed by atoms with E-state index in [1.54, 1.807) is 11.8 Å². The molecule has 2 aromatic rings. The molecule has 0 aliphatic rings. The number of aromatic nitrogens is 3. The molecule has 0 atom stereocenters. The highest BCUT2D eigenvalue weighted by molar-refractivity contribution is 9.10. The minimum atomic E-state index is 0.335. The Kier molecular flexibility index (Phi) is 4.16. The molecule has 18 heavy (non-hydrogen) atoms. The molecule has 7 heteroatoms. The Morgan fingerprint density at radius 3 is 2.94 bits per heavy atom. The molecule has 0 fully saturated rings. The van der Waals surface area contributed by atoms with Crippen molar-refractivity contribution in [2.45, 2.75) is 0 Å². The predicted molar refractivity (Wildman–Crippen MR) is 73.8 cm³/mol. The fraction of sp³-hybridized carbons (Fsp3) is 0.273. The maximum atomic E-state index is 5.84. The number of nitrogen functional groups attached to an aromatic ring is 1. The monoisotopic (exact) mass is 311 g/mol. The number of rotatable bonds is 5. The van der Waals surface area contributed by atoms with Gasteiger partial charge in [-0.15, -0.1) is 5.10 Å². The summed E-state index contributed by atoms with van der Waals surface area (Å²) in [5, 5.41) is 7.33. The summed E-state index contributed by atoms with van der Waals surface area (Å²) in [5.74, 6) is 0.821. The third kappa shape index (κ3) is 2.80. The van der Waals surface area contributed by atoms with E-state index in [-0.39, 0.29) is 0 Å². The van der Waals surface area contributed by atoms with E-state index < -0.39 is 0 Å². The molecule has 0 saturated carbocycles. The summed E-state index contributed by atoms with van der Waals surface area (Å²) in [5.41, 5.74) is 6.69. The fourth-order valence-corrected chi connectivity index (χ4v) is 1.92. The number of nitrogens with zero attached hydrogens (tertiary/aromatic N) is 3. The van der Waals surface area contributed by atoms with Crippen LogP contribution in [0.4, 0.5) is 11.9 Å². The molecular weight excluding hydrogens is 298 g/mol. The van der Waals surface area contributed by atoms with Gasteiger partial charge >= 0.3 is 0 Å². The van der Waals surface area contributed by atoms with Crippen LogP contribution < -0.4 is 11.1 Å². The van der Waals surface area contributed by atoms with Gasteiger partial charge in [-0.1, -0.05) is 12.1 Å². The van der Waals surface area contributed by atoms with Gasteiger partial charge in [0, 0.05) is 18.1 Å². The van der Waals surface area contributed by atoms with Crippen LogP contribution in [0, 0.1) is 0 Å². The molecule has 0 radical (unpaired) electrons. The lowest BCUT2D eigenvalue weighted by Gasteiger charge is -2.04. The number of hydrogen-bond acceptors (Lipinski definition) is 5. The molecule has 0 aliphatic carbocycles. The van der Waals surface area contributed by atoms with E-state index in [0.717, 1.165) is 10.2 Å². The Morgan fingerprint density at radius 2 is 2.22 bits per heavy atom. The van der Waals surface area contributed by atoms with Crippen LogP contribution >= 0.6 is 15.9 Å². The number of benzene rings is 1. The number of para-hydroxylation sites is 1. The summed E-state index contributed by atoms with van der Waals surface area (Å²) in [6, 6.07) is 7.68. The highest BCUT2D eigenvalue weighted by Gasteiger charge is 2.10. The lowest BCUT2D eigenvalue weighted by Crippen LogP contribution is -2.09. The largest absolute Gasteiger partial charge is 0.383 e. The zero-order valence-electron chi connectivity index (χ0n) is 9.93. The second-order valence-corrected chi connectivity index (χ2v) is 4.43. The van der Waals surface area contributed by atoms with Crippen LogP contribution in [0.5, 0.6) is 0 Å². The second kappa shape index (κ2) is 5.83. The number of methoxy groups -OCH3 is 1. The maximum absolute atomic E-state index is 5.84. The molecule has 2 rings (SSSR count). The summed E-state index contributed by atoms with van der Waals surface area (Å²) in [7, 11) is 1.64. The Hall–Kier alpha value is -1.60. The summed E-state index contributed by atoms with van der Waals surface area (Å²) in [6.45, 7) is 1.22. The first-order chi connectivity index (χ1) is 8.72. The van der Waals surface area contributed by atoms with E-state index in [1.807, 2.05) is 24.3 Å². The van der Waals surface area contributed by atoms with Crippen molar-refractivity contribution in [3.05, 3.63) is 28.7 Å². The number of halogens is 1. The lowest BCUT2D eigenvalue weighted by atomic mass is 10.3. The van der Waals surface area contributed by atoms with E-state index in [1.165, 1.54) is 0 Å². The van der Waals surface area contributed by atoms with Crippen LogP contribution in [0.25, 0.3) is 5.69 Å². The molecule has 3 N–H and O–H groups in total. The van der Waals surface area contributed by atoms with Crippen molar-refractivity contribution in [1.29, 1.82) is 0 Å². The Morgan fingerprint density at radius 1 is 1.44 bits per heavy atom. The molecule has 1 heterocycles. The van der Waals surface area contributed by atoms with Crippen molar-refractivity contribution < 1.29 is 4.74 Å². The number of nitrogens with two attached hydrogens (primary N) is 1. The third-order valence-electron chi connectivity index (χ3n) is 2.30. The Labute approximate surface area is 113 Å². The van der Waals surface area contributed by atoms with E-state index in [9.17, 15) is 0 Å². The molecule has 96 valence electrons. The van der Waals surface area contributed by atoms with Gasteiger partial charge in [0.1, 0.15) is 0 Å². The van der Waals surface area contributed by atoms with Crippen molar-refractivity contribution in [1.82, 2.24) is 14.8 Å². The van der Waals surface area contributed by atoms with Gasteiger partial charge in [0.05, 0.1) is 12.3 Å². The smallest absolute Gasteiger partial charge is 0.244 e. The normalized spacial score (nSPS) is 10.6. The first-order valence-corrected chi connectivity index (χ1v) is 6.22. The molecule has 0 unspecified atom stereocenters. The average molecular weight is 312 g/mol. The van der Waals surface area contributed by atoms with Crippen molar-refractivity contribution in [2.75, 3.05) is 31.3 Å². The Bertz CT molecular complexity index is 528. The van der Waals surface area contributed by atoms with Gasteiger partial charge in [0.25, 0.3) is 0 Å². The standard InChI is InChI=1S/C11H14BrN5O/c1-18-7-6-14-11-15-10(13)17(16-11)9-5-3-2-4-8(9)12/h2-5H,6-7H2,1H3,(H3,13,14,15,16). The molecule has 0 amide bonds. The third-order valence-corrected chi connectivity index (χ3v) is 2.97. The van der Waals surface area contributed by atoms with Crippen molar-refractivity contribution in [3.63, 3.8) is 0 Å². The van der Waals surface area contributed by atoms with E-state index in [4.69, 9.17) is 10.5 Å². The van der Waals surface area contributed by atoms with Crippen molar-refractivity contribution in [2.24, 2.45) is 0 Å². The van der Waals surface area contributed by atoms with Crippen LogP contribution in [-0.2, 0) is 4.74 Å². The van der Waals surface area contributed by atoms with Crippen molar-refractivity contribution >= 4 is 27.8 Å². The molecule has 1 aromatic carbocycles. The molecule has 0 spiro atoms. The van der Waals surface area contributed by atoms with Gasteiger partial charge in [-0.05, 0) is 28.1 Å². The van der Waals surface area contributed by atoms with Crippen LogP contribution in [0.15, 0.2) is 28.7 Å². The number of hydrogen-bond donors (Lipinski definition) is 2. The van der Waals surface area contributed by atoms with Crippen LogP contribution in [-0.4, -0.2) is 35.0 Å². The van der Waals surface area contributed by atoms with Gasteiger partial charge in [-0.2, -0.15) is 9.67 Å². The SMILES string of the molecule is COCCNc1nc(N)n(-c2ccccc2Br)n1. The van der Waals surface area contributed by atoms with Gasteiger partial charge in [0.2, 0.25) is 11.9 Å². The maximum Gasteiger partial charge on any atom is 0.244 e. The first-order valence-electron chi connectivity index (χ1n) is 5.42. The highest BCUT2D eigenvalue weighted by atomic mass is 79.9. The molecule has 0 saturated heterocycles. The predicted octanol–water partition coefficient (Wildman–Crippen LogP) is 1.67. The average Bonchev–Trinajstić information content (AvgIpc) is 2.71. The summed E-state index contributed by atoms with van der Waals surface area (Å²) < 4.78 is 7.43. The minimum Gasteiger partial charge on any atom is -0.383 e. The molecule has 1 aromatic heterocycles. The topological polar surface area (TPSA) is 78.0 Å². The first kappa shape index (κ1) is 12.8. The zero-order valence-corrected chi connectivity index (χ0v) is 11.5. The number of anilines is 2. The van der Waals surface area contributed by atoms with Gasteiger partial charge in [0.15, 0.2) is 0 Å². The van der Waals surface area contributed by atoms with Crippen LogP contribution in [0.1, 0.15) is 0 Å². The minimum absolute atomic E-state index is 0.335. The molecule has 0 aliphatic heterocycles. The van der Waals surface area contributed by atoms with Gasteiger partial charge in [-0.3, -0.25) is 0 Å². The summed E-state index contributed by atoms with van der Waals surface area (Å²) >= 11 is 3.46. The van der Waals surface area contributed by atoms with E-state index in [0.29, 0.717) is 25.0 Å². The second-order valence-electron chi connectivity index (χ2n) is 3.58. The summed E-state index contributed by atoms with van der Waals surface area (Å²) in [4.78, 5) is 4.14. The quantitative estimate of drug-likeness (QED) is 0.821. The highest BCUT2D eigenvalue weighted by Crippen LogP contribution is 2.22. The molecular formula is C11H14BrN5O. The molecule has 0 bridgehead atoms. The Balaban J connectivity index is 2.22. The van der Waals surface area contributed by atoms with Crippen LogP contribution in [0.3, 0.4) is 0 Å². The lowest BCUT2D eigenvalue weighted by molar-refractivity contribution is 0.210. The van der Waals surface area contributed by atoms with Crippen molar-refractivity contribution in [3.8, 4) is 5.69 Å². The van der Waals surface area contributed by atoms with Gasteiger partial charge in [-0.25, -0.2) is 0 Å². The van der Waals surface area contributed by atoms with E-state index >= 15 is 0 Å². The molecule has 6 nitrogen and oxygen atoms in total. The van der Waals surface area contributed by atoms with Crippen LogP contribution in [0.2, 0.25) is 0 Å². The van der Waals surface area contributed by atoms with E-state index in [2.05, 4.69) is 31.3 Å². The van der Waals surface area contributed by atoms with Gasteiger partial charge < -0.3 is 15.8 Å². The summed E-state index contributed by atoms with van der Waals surface area (Å²) in [6.07, 6.45) is 0. The fourth-order valence-electron chi connectivity index (χ4n) is 1.46.